The summed E-state index contributed by atoms with van der Waals surface area (Å²) in [5, 5.41) is 8.30. The molecule has 1 unspecified atom stereocenters. The van der Waals surface area contributed by atoms with E-state index in [1.165, 1.54) is 6.08 Å². The van der Waals surface area contributed by atoms with Crippen LogP contribution in [0.4, 0.5) is 13.2 Å². The van der Waals surface area contributed by atoms with E-state index in [0.29, 0.717) is 16.3 Å². The lowest BCUT2D eigenvalue weighted by molar-refractivity contribution is -0.333. The monoisotopic (exact) mass is 366 g/mol. The van der Waals surface area contributed by atoms with Gasteiger partial charge in [0.25, 0.3) is 5.91 Å². The summed E-state index contributed by atoms with van der Waals surface area (Å²) in [6.45, 7) is 0. The number of alkyl halides is 3. The number of aromatic nitrogens is 3. The summed E-state index contributed by atoms with van der Waals surface area (Å²) in [7, 11) is 1.81. The lowest BCUT2D eigenvalue weighted by Gasteiger charge is -2.15. The van der Waals surface area contributed by atoms with Gasteiger partial charge in [-0.1, -0.05) is 6.08 Å². The van der Waals surface area contributed by atoms with Crippen molar-refractivity contribution in [3.8, 4) is 0 Å². The zero-order chi connectivity index (χ0) is 18.5. The topological polar surface area (TPSA) is 71.9 Å². The van der Waals surface area contributed by atoms with Gasteiger partial charge in [-0.2, -0.15) is 5.10 Å². The highest BCUT2D eigenvalue weighted by molar-refractivity contribution is 5.93. The molecule has 0 radical (unpaired) electrons. The fourth-order valence-electron chi connectivity index (χ4n) is 3.24. The number of nitrogens with one attached hydrogen (secondary N) is 2. The van der Waals surface area contributed by atoms with Crippen molar-refractivity contribution in [2.75, 3.05) is 0 Å². The number of hydrogen-bond donors (Lipinski definition) is 2. The third kappa shape index (κ3) is 3.26. The van der Waals surface area contributed by atoms with Crippen LogP contribution in [0.2, 0.25) is 0 Å². The summed E-state index contributed by atoms with van der Waals surface area (Å²) in [5.41, 5.74) is 0.846. The summed E-state index contributed by atoms with van der Waals surface area (Å²) in [6.07, 6.45) is 2.55. The average Bonchev–Trinajstić information content (AvgIpc) is 3.00. The van der Waals surface area contributed by atoms with Gasteiger partial charge in [-0.15, -0.1) is 13.2 Å². The second-order valence-corrected chi connectivity index (χ2v) is 6.70. The van der Waals surface area contributed by atoms with Crippen molar-refractivity contribution in [3.63, 3.8) is 0 Å². The number of rotatable bonds is 4. The molecular weight excluding hydrogens is 349 g/mol. The summed E-state index contributed by atoms with van der Waals surface area (Å²) in [4.78, 5) is 15.6. The standard InChI is InChI=1S/C17H17F3N4O2/c1-24-9-11(8-21-24)16(4-5-16)23-15(25)14-7-10-6-12(26-17(18,19)20)2-3-13(10)22-14/h3,6-9,12,22H,2,4-5H2,1H3,(H,23,25). The van der Waals surface area contributed by atoms with Gasteiger partial charge in [0.05, 0.1) is 17.8 Å². The van der Waals surface area contributed by atoms with E-state index in [1.807, 2.05) is 13.2 Å². The minimum absolute atomic E-state index is 0.0910. The van der Waals surface area contributed by atoms with Crippen LogP contribution < -0.4 is 15.9 Å². The first-order chi connectivity index (χ1) is 12.2. The minimum atomic E-state index is -4.69. The molecule has 1 saturated carbocycles. The van der Waals surface area contributed by atoms with Crippen molar-refractivity contribution in [1.82, 2.24) is 20.1 Å². The van der Waals surface area contributed by atoms with Crippen molar-refractivity contribution in [2.45, 2.75) is 37.3 Å². The molecule has 9 heteroatoms. The van der Waals surface area contributed by atoms with Crippen LogP contribution in [0.5, 0.6) is 0 Å². The molecule has 0 saturated heterocycles. The minimum Gasteiger partial charge on any atom is -0.351 e. The van der Waals surface area contributed by atoms with E-state index in [9.17, 15) is 18.0 Å². The maximum Gasteiger partial charge on any atom is 0.523 e. The second-order valence-electron chi connectivity index (χ2n) is 6.70. The molecule has 2 aromatic rings. The van der Waals surface area contributed by atoms with Crippen molar-refractivity contribution in [1.29, 1.82) is 0 Å². The van der Waals surface area contributed by atoms with Crippen molar-refractivity contribution in [2.24, 2.45) is 7.05 Å². The molecule has 1 fully saturated rings. The van der Waals surface area contributed by atoms with Gasteiger partial charge in [-0.25, -0.2) is 0 Å². The van der Waals surface area contributed by atoms with Gasteiger partial charge in [-0.05, 0) is 36.6 Å². The van der Waals surface area contributed by atoms with E-state index in [2.05, 4.69) is 20.1 Å². The van der Waals surface area contributed by atoms with Crippen LogP contribution in [0.3, 0.4) is 0 Å². The summed E-state index contributed by atoms with van der Waals surface area (Å²) in [5.74, 6) is -0.296. The molecule has 2 heterocycles. The maximum atomic E-state index is 12.6. The molecule has 26 heavy (non-hydrogen) atoms. The first-order valence-corrected chi connectivity index (χ1v) is 8.21. The molecule has 2 aliphatic carbocycles. The van der Waals surface area contributed by atoms with Gasteiger partial charge >= 0.3 is 6.36 Å². The Kier molecular flexibility index (Phi) is 3.72. The molecular formula is C17H17F3N4O2. The molecule has 0 spiro atoms. The molecule has 1 amide bonds. The van der Waals surface area contributed by atoms with Crippen LogP contribution >= 0.6 is 0 Å². The zero-order valence-electron chi connectivity index (χ0n) is 13.9. The summed E-state index contributed by atoms with van der Waals surface area (Å²) in [6, 6.07) is 1.55. The Labute approximate surface area is 146 Å². The number of carbonyl (C=O) groups excluding carboxylic acids is 1. The molecule has 0 aromatic carbocycles. The van der Waals surface area contributed by atoms with Crippen molar-refractivity contribution < 1.29 is 22.7 Å². The van der Waals surface area contributed by atoms with E-state index in [4.69, 9.17) is 0 Å². The van der Waals surface area contributed by atoms with Crippen LogP contribution in [0.15, 0.2) is 18.5 Å². The molecule has 2 aliphatic rings. The first kappa shape index (κ1) is 16.9. The number of halogens is 3. The number of amides is 1. The predicted octanol–water partition coefficient (Wildman–Crippen LogP) is 1.04. The van der Waals surface area contributed by atoms with Crippen LogP contribution in [0.25, 0.3) is 12.2 Å². The smallest absolute Gasteiger partial charge is 0.351 e. The fraction of sp³-hybridized carbons (Fsp3) is 0.412. The van der Waals surface area contributed by atoms with Gasteiger partial charge < -0.3 is 10.3 Å². The SMILES string of the molecule is Cn1cc(C2(NC(=O)c3cc4c([nH]3)=CCC(OC(F)(F)F)C=4)CC2)cn1. The summed E-state index contributed by atoms with van der Waals surface area (Å²) >= 11 is 0. The van der Waals surface area contributed by atoms with Crippen molar-refractivity contribution >= 4 is 18.1 Å². The lowest BCUT2D eigenvalue weighted by Crippen LogP contribution is -2.35. The van der Waals surface area contributed by atoms with Crippen LogP contribution in [0.1, 0.15) is 35.3 Å². The Morgan fingerprint density at radius 3 is 2.85 bits per heavy atom. The Bertz CT molecular complexity index is 969. The average molecular weight is 366 g/mol. The molecule has 0 bridgehead atoms. The highest BCUT2D eigenvalue weighted by atomic mass is 19.4. The number of hydrogen-bond acceptors (Lipinski definition) is 3. The van der Waals surface area contributed by atoms with E-state index in [-0.39, 0.29) is 12.3 Å². The third-order valence-electron chi connectivity index (χ3n) is 4.69. The number of ether oxygens (including phenoxy) is 1. The highest BCUT2D eigenvalue weighted by Crippen LogP contribution is 2.45. The molecule has 0 aliphatic heterocycles. The Morgan fingerprint density at radius 1 is 1.46 bits per heavy atom. The van der Waals surface area contributed by atoms with E-state index in [1.54, 1.807) is 23.0 Å². The number of aromatic amines is 1. The van der Waals surface area contributed by atoms with Gasteiger partial charge in [0.1, 0.15) is 5.69 Å². The molecule has 2 N–H and O–H groups in total. The molecule has 138 valence electrons. The second kappa shape index (κ2) is 5.73. The van der Waals surface area contributed by atoms with E-state index in [0.717, 1.165) is 18.4 Å². The number of nitrogens with zero attached hydrogens (tertiary/aromatic N) is 2. The molecule has 4 rings (SSSR count). The fourth-order valence-corrected chi connectivity index (χ4v) is 3.24. The quantitative estimate of drug-likeness (QED) is 0.849. The first-order valence-electron chi connectivity index (χ1n) is 8.21. The normalized spacial score (nSPS) is 20.7. The summed E-state index contributed by atoms with van der Waals surface area (Å²) < 4.78 is 42.8. The zero-order valence-corrected chi connectivity index (χ0v) is 13.9. The van der Waals surface area contributed by atoms with Gasteiger partial charge in [0.15, 0.2) is 0 Å². The van der Waals surface area contributed by atoms with Gasteiger partial charge in [0.2, 0.25) is 0 Å². The van der Waals surface area contributed by atoms with Gasteiger partial charge in [-0.3, -0.25) is 14.2 Å². The Balaban J connectivity index is 1.53. The highest BCUT2D eigenvalue weighted by Gasteiger charge is 2.46. The molecule has 6 nitrogen and oxygen atoms in total. The Morgan fingerprint density at radius 2 is 2.23 bits per heavy atom. The maximum absolute atomic E-state index is 12.6. The van der Waals surface area contributed by atoms with Crippen molar-refractivity contribution in [3.05, 3.63) is 40.3 Å². The van der Waals surface area contributed by atoms with Crippen LogP contribution in [0, 0.1) is 0 Å². The largest absolute Gasteiger partial charge is 0.523 e. The molecule has 2 aromatic heterocycles. The number of fused-ring (bicyclic) bond motifs is 1. The van der Waals surface area contributed by atoms with E-state index < -0.39 is 18.0 Å². The number of H-pyrrole nitrogens is 1. The van der Waals surface area contributed by atoms with E-state index >= 15 is 0 Å². The number of carbonyl (C=O) groups is 1. The number of aryl methyl sites for hydroxylation is 1. The predicted molar refractivity (Wildman–Crippen MR) is 86.1 cm³/mol. The molecule has 1 atom stereocenters. The van der Waals surface area contributed by atoms with Gasteiger partial charge in [0, 0.05) is 24.2 Å². The van der Waals surface area contributed by atoms with Crippen LogP contribution in [-0.4, -0.2) is 33.1 Å². The van der Waals surface area contributed by atoms with Crippen LogP contribution in [-0.2, 0) is 17.3 Å². The third-order valence-corrected chi connectivity index (χ3v) is 4.69. The lowest BCUT2D eigenvalue weighted by atomic mass is 10.1. The Hall–Kier alpha value is -2.55.